The summed E-state index contributed by atoms with van der Waals surface area (Å²) in [5.41, 5.74) is 7.78. The molecule has 2 atom stereocenters. The van der Waals surface area contributed by atoms with E-state index in [9.17, 15) is 4.79 Å². The van der Waals surface area contributed by atoms with E-state index >= 15 is 0 Å². The number of amides is 1. The van der Waals surface area contributed by atoms with Crippen molar-refractivity contribution in [3.63, 3.8) is 0 Å². The number of carbonyl (C=O) groups is 1. The summed E-state index contributed by atoms with van der Waals surface area (Å²) in [7, 11) is 0. The van der Waals surface area contributed by atoms with Gasteiger partial charge in [0.2, 0.25) is 12.7 Å². The molecule has 0 spiro atoms. The molecule has 0 saturated heterocycles. The van der Waals surface area contributed by atoms with Gasteiger partial charge in [0, 0.05) is 23.4 Å². The summed E-state index contributed by atoms with van der Waals surface area (Å²) in [6.07, 6.45) is 3.64. The molecular weight excluding hydrogens is 362 g/mol. The fourth-order valence-corrected chi connectivity index (χ4v) is 3.98. The maximum atomic E-state index is 12.2. The highest BCUT2D eigenvalue weighted by Crippen LogP contribution is 2.36. The molecule has 0 radical (unpaired) electrons. The third-order valence-corrected chi connectivity index (χ3v) is 5.34. The number of aromatic nitrogens is 1. The second kappa shape index (κ2) is 7.59. The van der Waals surface area contributed by atoms with Crippen LogP contribution in [0.4, 0.5) is 5.13 Å². The smallest absolute Gasteiger partial charge is 0.231 e. The van der Waals surface area contributed by atoms with Crippen molar-refractivity contribution in [1.82, 2.24) is 4.98 Å². The van der Waals surface area contributed by atoms with E-state index in [1.54, 1.807) is 0 Å². The third kappa shape index (κ3) is 3.89. The second-order valence-electron chi connectivity index (χ2n) is 6.21. The Morgan fingerprint density at radius 1 is 1.32 bits per heavy atom. The number of fused-ring (bicyclic) bond motifs is 1. The fraction of sp³-hybridized carbons (Fsp3) is 0.412. The number of benzene rings is 1. The molecule has 2 heterocycles. The number of nitrogens with zero attached hydrogens (tertiary/aromatic N) is 1. The Morgan fingerprint density at radius 3 is 2.96 bits per heavy atom. The van der Waals surface area contributed by atoms with E-state index in [2.05, 4.69) is 10.3 Å². The first-order chi connectivity index (χ1) is 11.7. The molecule has 4 rings (SSSR count). The number of nitrogens with two attached hydrogens (primary N) is 1. The van der Waals surface area contributed by atoms with Gasteiger partial charge in [-0.3, -0.25) is 4.79 Å². The summed E-state index contributed by atoms with van der Waals surface area (Å²) in [5.74, 6) is 1.75. The van der Waals surface area contributed by atoms with Crippen LogP contribution in [0.2, 0.25) is 0 Å². The van der Waals surface area contributed by atoms with Gasteiger partial charge < -0.3 is 20.5 Å². The molecule has 0 bridgehead atoms. The molecule has 1 saturated carbocycles. The van der Waals surface area contributed by atoms with Crippen molar-refractivity contribution < 1.29 is 14.3 Å². The average molecular weight is 382 g/mol. The standard InChI is InChI=1S/C17H19N3O3S.ClH/c18-12-3-1-2-10(12)7-16(21)20-17-19-13(8-24-17)11-4-5-14-15(6-11)23-9-22-14;/h4-6,8,10,12H,1-3,7,9,18H2,(H,19,20,21);1H/t10-,12+;/m0./s1. The lowest BCUT2D eigenvalue weighted by atomic mass is 10.00. The average Bonchev–Trinajstić information content (AvgIpc) is 3.28. The van der Waals surface area contributed by atoms with E-state index in [4.69, 9.17) is 15.2 Å². The van der Waals surface area contributed by atoms with Crippen LogP contribution in [0.3, 0.4) is 0 Å². The van der Waals surface area contributed by atoms with E-state index in [1.165, 1.54) is 11.3 Å². The van der Waals surface area contributed by atoms with E-state index in [0.717, 1.165) is 42.0 Å². The van der Waals surface area contributed by atoms with Gasteiger partial charge in [-0.05, 0) is 37.0 Å². The summed E-state index contributed by atoms with van der Waals surface area (Å²) in [6, 6.07) is 5.86. The van der Waals surface area contributed by atoms with Crippen LogP contribution in [-0.4, -0.2) is 23.7 Å². The number of rotatable bonds is 4. The van der Waals surface area contributed by atoms with Gasteiger partial charge in [0.05, 0.1) is 5.69 Å². The van der Waals surface area contributed by atoms with Crippen molar-refractivity contribution in [3.8, 4) is 22.8 Å². The number of halogens is 1. The van der Waals surface area contributed by atoms with E-state index < -0.39 is 0 Å². The minimum Gasteiger partial charge on any atom is -0.454 e. The Hall–Kier alpha value is -1.83. The van der Waals surface area contributed by atoms with Crippen molar-refractivity contribution in [2.75, 3.05) is 12.1 Å². The van der Waals surface area contributed by atoms with Gasteiger partial charge in [-0.25, -0.2) is 4.98 Å². The van der Waals surface area contributed by atoms with E-state index in [0.29, 0.717) is 17.5 Å². The quantitative estimate of drug-likeness (QED) is 0.847. The van der Waals surface area contributed by atoms with Crippen molar-refractivity contribution in [2.45, 2.75) is 31.7 Å². The number of anilines is 1. The lowest BCUT2D eigenvalue weighted by Crippen LogP contribution is -2.28. The summed E-state index contributed by atoms with van der Waals surface area (Å²) in [5, 5.41) is 5.42. The molecule has 8 heteroatoms. The SMILES string of the molecule is Cl.N[C@@H]1CCC[C@H]1CC(=O)Nc1nc(-c2ccc3c(c2)OCO3)cs1. The van der Waals surface area contributed by atoms with Crippen LogP contribution < -0.4 is 20.5 Å². The molecule has 6 nitrogen and oxygen atoms in total. The Labute approximate surface area is 156 Å². The van der Waals surface area contributed by atoms with Crippen molar-refractivity contribution in [2.24, 2.45) is 11.7 Å². The molecule has 134 valence electrons. The normalized spacial score (nSPS) is 21.0. The fourth-order valence-electron chi connectivity index (χ4n) is 3.25. The molecule has 25 heavy (non-hydrogen) atoms. The van der Waals surface area contributed by atoms with Gasteiger partial charge in [-0.2, -0.15) is 0 Å². The molecule has 1 aromatic heterocycles. The third-order valence-electron chi connectivity index (χ3n) is 4.58. The number of thiazole rings is 1. The van der Waals surface area contributed by atoms with Gasteiger partial charge in [0.25, 0.3) is 0 Å². The minimum atomic E-state index is -0.0102. The molecule has 0 unspecified atom stereocenters. The zero-order valence-electron chi connectivity index (χ0n) is 13.6. The zero-order chi connectivity index (χ0) is 16.5. The molecule has 1 aromatic carbocycles. The van der Waals surface area contributed by atoms with Crippen LogP contribution in [0.25, 0.3) is 11.3 Å². The van der Waals surface area contributed by atoms with Crippen molar-refractivity contribution in [1.29, 1.82) is 0 Å². The summed E-state index contributed by atoms with van der Waals surface area (Å²) in [4.78, 5) is 16.7. The minimum absolute atomic E-state index is 0. The topological polar surface area (TPSA) is 86.5 Å². The Balaban J connectivity index is 0.00000182. The summed E-state index contributed by atoms with van der Waals surface area (Å²) in [6.45, 7) is 0.250. The number of ether oxygens (including phenoxy) is 2. The predicted octanol–water partition coefficient (Wildman–Crippen LogP) is 3.42. The highest BCUT2D eigenvalue weighted by Gasteiger charge is 2.26. The maximum Gasteiger partial charge on any atom is 0.231 e. The molecule has 1 fully saturated rings. The van der Waals surface area contributed by atoms with Crippen LogP contribution in [0.15, 0.2) is 23.6 Å². The number of hydrogen-bond acceptors (Lipinski definition) is 6. The highest BCUT2D eigenvalue weighted by atomic mass is 35.5. The van der Waals surface area contributed by atoms with Gasteiger partial charge in [0.1, 0.15) is 0 Å². The molecular formula is C17H20ClN3O3S. The monoisotopic (exact) mass is 381 g/mol. The van der Waals surface area contributed by atoms with Crippen LogP contribution >= 0.6 is 23.7 Å². The number of hydrogen-bond donors (Lipinski definition) is 2. The van der Waals surface area contributed by atoms with Gasteiger partial charge in [-0.1, -0.05) is 6.42 Å². The molecule has 1 aliphatic heterocycles. The Bertz CT molecular complexity index is 767. The summed E-state index contributed by atoms with van der Waals surface area (Å²) < 4.78 is 10.7. The second-order valence-corrected chi connectivity index (χ2v) is 7.07. The largest absolute Gasteiger partial charge is 0.454 e. The predicted molar refractivity (Wildman–Crippen MR) is 99.5 cm³/mol. The molecule has 3 N–H and O–H groups in total. The Kier molecular flexibility index (Phi) is 5.46. The van der Waals surface area contributed by atoms with E-state index in [-0.39, 0.29) is 31.1 Å². The lowest BCUT2D eigenvalue weighted by molar-refractivity contribution is -0.117. The Morgan fingerprint density at radius 2 is 2.16 bits per heavy atom. The van der Waals surface area contributed by atoms with E-state index in [1.807, 2.05) is 23.6 Å². The van der Waals surface area contributed by atoms with Crippen LogP contribution in [-0.2, 0) is 4.79 Å². The van der Waals surface area contributed by atoms with Crippen LogP contribution in [0, 0.1) is 5.92 Å². The number of carbonyl (C=O) groups excluding carboxylic acids is 1. The van der Waals surface area contributed by atoms with Crippen LogP contribution in [0.1, 0.15) is 25.7 Å². The maximum absolute atomic E-state index is 12.2. The van der Waals surface area contributed by atoms with Crippen LogP contribution in [0.5, 0.6) is 11.5 Å². The first kappa shape index (κ1) is 18.0. The molecule has 2 aromatic rings. The molecule has 2 aliphatic rings. The van der Waals surface area contributed by atoms with Crippen molar-refractivity contribution >= 4 is 34.8 Å². The highest BCUT2D eigenvalue weighted by molar-refractivity contribution is 7.14. The van der Waals surface area contributed by atoms with Gasteiger partial charge in [-0.15, -0.1) is 23.7 Å². The first-order valence-corrected chi connectivity index (χ1v) is 8.98. The molecule has 1 aliphatic carbocycles. The van der Waals surface area contributed by atoms with Crippen molar-refractivity contribution in [3.05, 3.63) is 23.6 Å². The van der Waals surface area contributed by atoms with Gasteiger partial charge >= 0.3 is 0 Å². The first-order valence-electron chi connectivity index (χ1n) is 8.10. The zero-order valence-corrected chi connectivity index (χ0v) is 15.2. The molecule has 1 amide bonds. The van der Waals surface area contributed by atoms with Gasteiger partial charge in [0.15, 0.2) is 16.6 Å². The lowest BCUT2D eigenvalue weighted by Gasteiger charge is -2.13. The number of nitrogens with one attached hydrogen (secondary N) is 1. The summed E-state index contributed by atoms with van der Waals surface area (Å²) >= 11 is 1.42.